The Balaban J connectivity index is -0.000000902. The van der Waals surface area contributed by atoms with Gasteiger partial charge in [0.15, 0.2) is 0 Å². The molecule has 0 unspecified atom stereocenters. The fourth-order valence-electron chi connectivity index (χ4n) is 1.75. The molecule has 0 spiro atoms. The van der Waals surface area contributed by atoms with Crippen molar-refractivity contribution in [2.45, 2.75) is 25.8 Å². The van der Waals surface area contributed by atoms with E-state index in [2.05, 4.69) is 34.7 Å². The predicted octanol–water partition coefficient (Wildman–Crippen LogP) is 1.71. The number of nitrogens with zero attached hydrogens (tertiary/aromatic N) is 3. The molecule has 19 heavy (non-hydrogen) atoms. The summed E-state index contributed by atoms with van der Waals surface area (Å²) in [6.07, 6.45) is 10.2. The van der Waals surface area contributed by atoms with Crippen molar-refractivity contribution >= 4 is 35.4 Å². The minimum Gasteiger partial charge on any atom is -0.356 e. The van der Waals surface area contributed by atoms with E-state index in [-0.39, 0.29) is 40.5 Å². The molecule has 2 rings (SSSR count). The van der Waals surface area contributed by atoms with Gasteiger partial charge in [0.05, 0.1) is 6.20 Å². The van der Waals surface area contributed by atoms with Crippen molar-refractivity contribution < 1.29 is 9.07 Å². The van der Waals surface area contributed by atoms with Crippen LogP contribution in [0, 0.1) is 6.92 Å². The molecule has 1 heterocycles. The van der Waals surface area contributed by atoms with E-state index in [4.69, 9.17) is 0 Å². The van der Waals surface area contributed by atoms with Crippen LogP contribution in [-0.2, 0) is 11.3 Å². The van der Waals surface area contributed by atoms with Gasteiger partial charge in [0.1, 0.15) is 5.69 Å². The number of allylic oxidation sites excluding steroid dienone is 4. The van der Waals surface area contributed by atoms with Crippen LogP contribution in [0.1, 0.15) is 29.2 Å². The van der Waals surface area contributed by atoms with Gasteiger partial charge in [0.2, 0.25) is 5.91 Å². The quantitative estimate of drug-likeness (QED) is 0.613. The molecular weight excluding hydrogens is 347 g/mol. The Morgan fingerprint density at radius 3 is 3.11 bits per heavy atom. The molecule has 105 valence electrons. The zero-order chi connectivity index (χ0) is 12.8. The van der Waals surface area contributed by atoms with Crippen molar-refractivity contribution in [1.82, 2.24) is 20.3 Å². The predicted molar refractivity (Wildman–Crippen MR) is 81.5 cm³/mol. The first-order valence-electron chi connectivity index (χ1n) is 6.12. The summed E-state index contributed by atoms with van der Waals surface area (Å²) in [4.78, 5) is 11.0. The van der Waals surface area contributed by atoms with E-state index in [9.17, 15) is 4.79 Å². The van der Waals surface area contributed by atoms with E-state index < -0.39 is 0 Å². The third-order valence-corrected chi connectivity index (χ3v) is 2.75. The third kappa shape index (κ3) is 4.81. The summed E-state index contributed by atoms with van der Waals surface area (Å²) >= 11 is 0. The van der Waals surface area contributed by atoms with E-state index in [1.165, 1.54) is 5.57 Å². The number of aromatic nitrogens is 3. The number of hydrogen-bond acceptors (Lipinski definition) is 3. The largest absolute Gasteiger partial charge is 0.356 e. The standard InChI is InChI=1S/C13H17N4O.Sn.3H2/c1-2-13(18)14-8-5-9-17-10-12(15-16-17)11-6-3-4-7-11;;;;/h3-4,6,10H,1-2,5,7-9H2,(H,14,18);;3*1H. The molecule has 1 aromatic heterocycles. The summed E-state index contributed by atoms with van der Waals surface area (Å²) < 4.78 is 1.81. The summed E-state index contributed by atoms with van der Waals surface area (Å²) in [5.74, 6) is -0.0172. The number of nitrogens with one attached hydrogen (secondary N) is 1. The van der Waals surface area contributed by atoms with Crippen molar-refractivity contribution in [1.29, 1.82) is 0 Å². The van der Waals surface area contributed by atoms with Crippen molar-refractivity contribution in [3.63, 3.8) is 0 Å². The Morgan fingerprint density at radius 1 is 1.58 bits per heavy atom. The molecule has 0 atom stereocenters. The van der Waals surface area contributed by atoms with Crippen molar-refractivity contribution in [3.8, 4) is 0 Å². The average molecular weight is 370 g/mol. The molecule has 0 saturated heterocycles. The van der Waals surface area contributed by atoms with Gasteiger partial charge in [0.25, 0.3) is 0 Å². The maximum atomic E-state index is 11.0. The molecule has 0 saturated carbocycles. The van der Waals surface area contributed by atoms with Gasteiger partial charge in [-0.2, -0.15) is 0 Å². The second-order valence-electron chi connectivity index (χ2n) is 4.14. The second kappa shape index (κ2) is 8.14. The minimum atomic E-state index is -0.0172. The Morgan fingerprint density at radius 2 is 2.42 bits per heavy atom. The van der Waals surface area contributed by atoms with Gasteiger partial charge in [-0.1, -0.05) is 23.4 Å². The first-order chi connectivity index (χ1) is 8.79. The molecule has 1 aliphatic rings. The number of amides is 1. The van der Waals surface area contributed by atoms with Crippen LogP contribution < -0.4 is 5.32 Å². The van der Waals surface area contributed by atoms with E-state index in [1.54, 1.807) is 0 Å². The van der Waals surface area contributed by atoms with Gasteiger partial charge in [-0.25, -0.2) is 0 Å². The Bertz CT molecular complexity index is 491. The van der Waals surface area contributed by atoms with Gasteiger partial charge in [-0.3, -0.25) is 9.48 Å². The number of rotatable bonds is 6. The van der Waals surface area contributed by atoms with E-state index in [0.29, 0.717) is 6.54 Å². The molecule has 5 nitrogen and oxygen atoms in total. The topological polar surface area (TPSA) is 59.8 Å². The van der Waals surface area contributed by atoms with Crippen molar-refractivity contribution in [2.75, 3.05) is 6.54 Å². The maximum Gasteiger partial charge on any atom is 0.219 e. The van der Waals surface area contributed by atoms with Gasteiger partial charge in [-0.05, 0) is 25.3 Å². The maximum absolute atomic E-state index is 11.0. The Hall–Kier alpha value is -1.11. The second-order valence-corrected chi connectivity index (χ2v) is 4.14. The average Bonchev–Trinajstić information content (AvgIpc) is 3.04. The molecule has 6 heteroatoms. The molecule has 1 amide bonds. The number of hydrogen-bond donors (Lipinski definition) is 1. The van der Waals surface area contributed by atoms with Crippen molar-refractivity contribution in [2.24, 2.45) is 0 Å². The van der Waals surface area contributed by atoms with E-state index >= 15 is 0 Å². The molecule has 1 aromatic rings. The van der Waals surface area contributed by atoms with Crippen LogP contribution in [0.25, 0.3) is 5.57 Å². The Labute approximate surface area is 134 Å². The van der Waals surface area contributed by atoms with Gasteiger partial charge >= 0.3 is 0 Å². The van der Waals surface area contributed by atoms with Gasteiger partial charge in [-0.15, -0.1) is 5.10 Å². The summed E-state index contributed by atoms with van der Waals surface area (Å²) in [5.41, 5.74) is 2.13. The van der Waals surface area contributed by atoms with Gasteiger partial charge < -0.3 is 5.32 Å². The molecule has 1 N–H and O–H groups in total. The van der Waals surface area contributed by atoms with Crippen LogP contribution in [0.2, 0.25) is 0 Å². The fraction of sp³-hybridized carbons (Fsp3) is 0.385. The molecular formula is C13H23N4OSn. The molecule has 5 radical (unpaired) electrons. The normalized spacial score (nSPS) is 13.0. The molecule has 1 aliphatic carbocycles. The SMILES string of the molecule is [CH2]CC(=O)NCCCn1cc(C2=CC=CC2)nn1.[HH].[HH].[HH].[Sn]. The molecule has 0 bridgehead atoms. The van der Waals surface area contributed by atoms with Crippen LogP contribution in [0.15, 0.2) is 24.4 Å². The van der Waals surface area contributed by atoms with Gasteiger partial charge in [0, 0.05) is 47.7 Å². The monoisotopic (exact) mass is 371 g/mol. The number of aryl methyl sites for hydroxylation is 1. The van der Waals surface area contributed by atoms with E-state index in [1.807, 2.05) is 17.0 Å². The third-order valence-electron chi connectivity index (χ3n) is 2.75. The minimum absolute atomic E-state index is 0. The fourth-order valence-corrected chi connectivity index (χ4v) is 1.75. The zero-order valence-electron chi connectivity index (χ0n) is 10.8. The first kappa shape index (κ1) is 15.9. The van der Waals surface area contributed by atoms with Crippen LogP contribution in [0.5, 0.6) is 0 Å². The summed E-state index contributed by atoms with van der Waals surface area (Å²) in [6.45, 7) is 4.92. The summed E-state index contributed by atoms with van der Waals surface area (Å²) in [5, 5.41) is 11.0. The van der Waals surface area contributed by atoms with Crippen LogP contribution in [0.4, 0.5) is 0 Å². The summed E-state index contributed by atoms with van der Waals surface area (Å²) in [7, 11) is 0. The molecule has 0 fully saturated rings. The smallest absolute Gasteiger partial charge is 0.219 e. The van der Waals surface area contributed by atoms with Crippen LogP contribution in [0.3, 0.4) is 0 Å². The first-order valence-corrected chi connectivity index (χ1v) is 6.12. The summed E-state index contributed by atoms with van der Waals surface area (Å²) in [6, 6.07) is 0. The zero-order valence-corrected chi connectivity index (χ0v) is 13.7. The Kier molecular flexibility index (Phi) is 6.83. The molecule has 0 aromatic carbocycles. The van der Waals surface area contributed by atoms with Crippen LogP contribution in [-0.4, -0.2) is 51.4 Å². The van der Waals surface area contributed by atoms with Crippen molar-refractivity contribution in [3.05, 3.63) is 37.0 Å². The number of carbonyl (C=O) groups excluding carboxylic acids is 1. The van der Waals surface area contributed by atoms with Crippen LogP contribution >= 0.6 is 0 Å². The van der Waals surface area contributed by atoms with E-state index in [0.717, 1.165) is 25.1 Å². The molecule has 0 aliphatic heterocycles. The number of carbonyl (C=O) groups is 1.